The quantitative estimate of drug-likeness (QED) is 0.515. The molecule has 0 saturated heterocycles. The van der Waals surface area contributed by atoms with Crippen molar-refractivity contribution in [1.29, 1.82) is 0 Å². The molecule has 0 radical (unpaired) electrons. The van der Waals surface area contributed by atoms with Crippen LogP contribution in [0.25, 0.3) is 5.82 Å². The number of hydrogen-bond acceptors (Lipinski definition) is 6. The largest absolute Gasteiger partial charge is 0.485 e. The van der Waals surface area contributed by atoms with E-state index in [9.17, 15) is 23.5 Å². The second-order valence-electron chi connectivity index (χ2n) is 9.32. The summed E-state index contributed by atoms with van der Waals surface area (Å²) in [7, 11) is 0. The highest BCUT2D eigenvalue weighted by Crippen LogP contribution is 2.30. The number of aliphatic hydroxyl groups is 1. The van der Waals surface area contributed by atoms with Gasteiger partial charge in [-0.3, -0.25) is 19.1 Å². The molecule has 0 aromatic carbocycles. The lowest BCUT2D eigenvalue weighted by atomic mass is 9.99. The number of nitrogens with zero attached hydrogens (tertiary/aromatic N) is 4. The summed E-state index contributed by atoms with van der Waals surface area (Å²) in [6, 6.07) is 4.87. The lowest BCUT2D eigenvalue weighted by Gasteiger charge is -2.27. The lowest BCUT2D eigenvalue weighted by Crippen LogP contribution is -2.34. The Balaban J connectivity index is 1.70. The molecule has 0 aliphatic carbocycles. The van der Waals surface area contributed by atoms with Crippen LogP contribution in [0.3, 0.4) is 0 Å². The van der Waals surface area contributed by atoms with Crippen LogP contribution >= 0.6 is 11.6 Å². The summed E-state index contributed by atoms with van der Waals surface area (Å²) in [6.07, 6.45) is 5.72. The first kappa shape index (κ1) is 26.4. The van der Waals surface area contributed by atoms with Crippen LogP contribution in [0.1, 0.15) is 43.8 Å². The number of aryl methyl sites for hydroxylation is 1. The molecular weight excluding hydrogens is 506 g/mol. The fourth-order valence-corrected chi connectivity index (χ4v) is 4.29. The second kappa shape index (κ2) is 10.0. The first-order chi connectivity index (χ1) is 17.4. The zero-order chi connectivity index (χ0) is 27.1. The maximum Gasteiger partial charge on any atom is 0.273 e. The molecule has 4 rings (SSSR count). The van der Waals surface area contributed by atoms with E-state index in [0.717, 1.165) is 6.20 Å². The molecule has 0 saturated carbocycles. The number of halogens is 3. The molecule has 2 atom stereocenters. The van der Waals surface area contributed by atoms with E-state index in [1.165, 1.54) is 35.2 Å². The molecule has 1 N–H and O–H groups in total. The van der Waals surface area contributed by atoms with Crippen LogP contribution in [0.5, 0.6) is 5.75 Å². The Morgan fingerprint density at radius 1 is 1.22 bits per heavy atom. The highest BCUT2D eigenvalue weighted by Gasteiger charge is 2.27. The molecular formula is C26H25ClF2N4O4. The zero-order valence-corrected chi connectivity index (χ0v) is 21.3. The van der Waals surface area contributed by atoms with Crippen molar-refractivity contribution in [2.75, 3.05) is 0 Å². The van der Waals surface area contributed by atoms with Gasteiger partial charge in [-0.1, -0.05) is 18.5 Å². The summed E-state index contributed by atoms with van der Waals surface area (Å²) >= 11 is 6.35. The Labute approximate surface area is 216 Å². The van der Waals surface area contributed by atoms with Crippen LogP contribution in [-0.4, -0.2) is 25.4 Å². The highest BCUT2D eigenvalue weighted by molar-refractivity contribution is 6.31. The normalized spacial score (nSPS) is 17.6. The van der Waals surface area contributed by atoms with E-state index in [0.29, 0.717) is 17.6 Å². The fraction of sp³-hybridized carbons (Fsp3) is 0.308. The predicted octanol–water partition coefficient (Wildman–Crippen LogP) is 4.21. The molecule has 37 heavy (non-hydrogen) atoms. The van der Waals surface area contributed by atoms with Crippen LogP contribution in [0.4, 0.5) is 8.78 Å². The van der Waals surface area contributed by atoms with Crippen molar-refractivity contribution in [3.8, 4) is 5.75 Å². The molecule has 11 heteroatoms. The Morgan fingerprint density at radius 3 is 2.62 bits per heavy atom. The highest BCUT2D eigenvalue weighted by atomic mass is 35.5. The summed E-state index contributed by atoms with van der Waals surface area (Å²) in [6.45, 7) is 6.24. The minimum Gasteiger partial charge on any atom is -0.485 e. The smallest absolute Gasteiger partial charge is 0.273 e. The SMILES string of the molecule is Cc1cc(OCc2ncc(F)cc2F)c(Cl)c(=O)n1C1C=C(n2cccc(C(C)(C)O)c2=O)N=CC1C. The topological polar surface area (TPSA) is 98.7 Å². The Bertz CT molecular complexity index is 1540. The number of rotatable bonds is 6. The molecule has 1 aliphatic heterocycles. The van der Waals surface area contributed by atoms with Crippen LogP contribution in [-0.2, 0) is 12.2 Å². The van der Waals surface area contributed by atoms with E-state index >= 15 is 0 Å². The van der Waals surface area contributed by atoms with Gasteiger partial charge in [0.25, 0.3) is 11.1 Å². The van der Waals surface area contributed by atoms with Gasteiger partial charge in [-0.2, -0.15) is 0 Å². The van der Waals surface area contributed by atoms with Gasteiger partial charge in [0.05, 0.1) is 17.8 Å². The third-order valence-corrected chi connectivity index (χ3v) is 6.39. The van der Waals surface area contributed by atoms with Gasteiger partial charge in [0.1, 0.15) is 34.7 Å². The van der Waals surface area contributed by atoms with Crippen molar-refractivity contribution >= 4 is 23.6 Å². The fourth-order valence-electron chi connectivity index (χ4n) is 4.09. The first-order valence-corrected chi connectivity index (χ1v) is 11.8. The zero-order valence-electron chi connectivity index (χ0n) is 20.6. The maximum absolute atomic E-state index is 13.9. The molecule has 194 valence electrons. The van der Waals surface area contributed by atoms with E-state index in [1.807, 2.05) is 6.92 Å². The van der Waals surface area contributed by atoms with E-state index in [1.54, 1.807) is 31.3 Å². The Hall–Kier alpha value is -3.63. The molecule has 0 fully saturated rings. The van der Waals surface area contributed by atoms with Crippen LogP contribution in [0.2, 0.25) is 5.02 Å². The van der Waals surface area contributed by atoms with E-state index in [-0.39, 0.29) is 34.6 Å². The van der Waals surface area contributed by atoms with Gasteiger partial charge < -0.3 is 14.4 Å². The maximum atomic E-state index is 13.9. The number of aromatic nitrogens is 3. The van der Waals surface area contributed by atoms with Gasteiger partial charge in [-0.05, 0) is 39.0 Å². The first-order valence-electron chi connectivity index (χ1n) is 11.4. The predicted molar refractivity (Wildman–Crippen MR) is 136 cm³/mol. The van der Waals surface area contributed by atoms with Crippen molar-refractivity contribution in [3.63, 3.8) is 0 Å². The minimum absolute atomic E-state index is 0.0290. The molecule has 8 nitrogen and oxygen atoms in total. The molecule has 2 unspecified atom stereocenters. The van der Waals surface area contributed by atoms with Gasteiger partial charge in [0, 0.05) is 41.7 Å². The third-order valence-electron chi connectivity index (χ3n) is 6.04. The second-order valence-corrected chi connectivity index (χ2v) is 9.70. The van der Waals surface area contributed by atoms with Gasteiger partial charge in [-0.25, -0.2) is 13.8 Å². The molecule has 1 aliphatic rings. The van der Waals surface area contributed by atoms with E-state index in [4.69, 9.17) is 16.3 Å². The van der Waals surface area contributed by atoms with Crippen molar-refractivity contribution in [3.05, 3.63) is 97.1 Å². The average molecular weight is 531 g/mol. The summed E-state index contributed by atoms with van der Waals surface area (Å²) < 4.78 is 35.4. The number of aliphatic imine (C=N–C) groups is 1. The monoisotopic (exact) mass is 530 g/mol. The van der Waals surface area contributed by atoms with Crippen molar-refractivity contribution in [2.45, 2.75) is 45.9 Å². The Kier molecular flexibility index (Phi) is 7.16. The van der Waals surface area contributed by atoms with E-state index in [2.05, 4.69) is 9.98 Å². The number of ether oxygens (including phenoxy) is 1. The number of hydrogen-bond donors (Lipinski definition) is 1. The molecule has 4 heterocycles. The standard InChI is InChI=1S/C26H25ClF2N4O4/c1-14-11-31-22(32-7-5-6-17(24(32)34)26(3,4)36)10-20(14)33-15(2)8-21(23(27)25(33)35)37-13-19-18(29)9-16(28)12-30-19/h5-12,14,20,36H,13H2,1-4H3. The molecule has 3 aromatic heterocycles. The van der Waals surface area contributed by atoms with Gasteiger partial charge >= 0.3 is 0 Å². The molecule has 0 spiro atoms. The van der Waals surface area contributed by atoms with Crippen molar-refractivity contribution < 1.29 is 18.6 Å². The average Bonchev–Trinajstić information content (AvgIpc) is 2.82. The number of pyridine rings is 3. The summed E-state index contributed by atoms with van der Waals surface area (Å²) in [4.78, 5) is 34.4. The summed E-state index contributed by atoms with van der Waals surface area (Å²) in [5.41, 5.74) is -1.77. The summed E-state index contributed by atoms with van der Waals surface area (Å²) in [5.74, 6) is -1.60. The van der Waals surface area contributed by atoms with Crippen molar-refractivity contribution in [1.82, 2.24) is 14.1 Å². The van der Waals surface area contributed by atoms with Crippen LogP contribution < -0.4 is 15.9 Å². The minimum atomic E-state index is -1.35. The van der Waals surface area contributed by atoms with Gasteiger partial charge in [0.15, 0.2) is 5.82 Å². The van der Waals surface area contributed by atoms with E-state index < -0.39 is 34.4 Å². The summed E-state index contributed by atoms with van der Waals surface area (Å²) in [5, 5.41) is 10.1. The van der Waals surface area contributed by atoms with Crippen LogP contribution in [0.15, 0.2) is 57.3 Å². The molecule has 0 bridgehead atoms. The van der Waals surface area contributed by atoms with Crippen LogP contribution in [0, 0.1) is 24.5 Å². The third kappa shape index (κ3) is 5.26. The molecule has 0 amide bonds. The van der Waals surface area contributed by atoms with Gasteiger partial charge in [-0.15, -0.1) is 0 Å². The molecule has 3 aromatic rings. The number of allylic oxidation sites excluding steroid dienone is 1. The van der Waals surface area contributed by atoms with Crippen molar-refractivity contribution in [2.24, 2.45) is 10.9 Å². The lowest BCUT2D eigenvalue weighted by molar-refractivity contribution is 0.0768. The Morgan fingerprint density at radius 2 is 1.95 bits per heavy atom. The van der Waals surface area contributed by atoms with Gasteiger partial charge in [0.2, 0.25) is 0 Å².